The molecule has 0 radical (unpaired) electrons. The zero-order valence-electron chi connectivity index (χ0n) is 13.3. The number of nitrogen functional groups attached to an aromatic ring is 1. The molecule has 0 unspecified atom stereocenters. The molecule has 1 atom stereocenters. The SMILES string of the molecule is CC#CCn1nc(C#Cc2ccc(N)nc2)c2c1C[C@@H](C)OC2. The Morgan fingerprint density at radius 2 is 2.26 bits per heavy atom. The van der Waals surface area contributed by atoms with Crippen LogP contribution in [0.1, 0.15) is 36.4 Å². The average molecular weight is 306 g/mol. The van der Waals surface area contributed by atoms with Gasteiger partial charge in [-0.05, 0) is 31.9 Å². The molecule has 0 saturated carbocycles. The molecule has 2 aromatic heterocycles. The van der Waals surface area contributed by atoms with Crippen molar-refractivity contribution in [2.45, 2.75) is 39.5 Å². The van der Waals surface area contributed by atoms with Crippen LogP contribution in [0.2, 0.25) is 0 Å². The molecule has 3 heterocycles. The van der Waals surface area contributed by atoms with Crippen molar-refractivity contribution in [1.29, 1.82) is 0 Å². The van der Waals surface area contributed by atoms with Gasteiger partial charge in [-0.2, -0.15) is 5.10 Å². The Bertz CT molecular complexity index is 828. The smallest absolute Gasteiger partial charge is 0.141 e. The van der Waals surface area contributed by atoms with Crippen LogP contribution in [-0.4, -0.2) is 20.9 Å². The molecule has 116 valence electrons. The Morgan fingerprint density at radius 3 is 3.00 bits per heavy atom. The Labute approximate surface area is 135 Å². The fourth-order valence-corrected chi connectivity index (χ4v) is 2.47. The molecule has 1 aliphatic heterocycles. The summed E-state index contributed by atoms with van der Waals surface area (Å²) in [5.41, 5.74) is 9.38. The van der Waals surface area contributed by atoms with Crippen LogP contribution in [0.5, 0.6) is 0 Å². The first-order valence-electron chi connectivity index (χ1n) is 7.50. The van der Waals surface area contributed by atoms with E-state index in [4.69, 9.17) is 10.5 Å². The predicted molar refractivity (Wildman–Crippen MR) is 88.3 cm³/mol. The third-order valence-corrected chi connectivity index (χ3v) is 3.68. The lowest BCUT2D eigenvalue weighted by molar-refractivity contribution is 0.0393. The third kappa shape index (κ3) is 3.36. The van der Waals surface area contributed by atoms with Crippen molar-refractivity contribution in [2.75, 3.05) is 5.73 Å². The monoisotopic (exact) mass is 306 g/mol. The quantitative estimate of drug-likeness (QED) is 0.815. The Hall–Kier alpha value is -2.76. The van der Waals surface area contributed by atoms with Crippen LogP contribution in [-0.2, 0) is 24.3 Å². The van der Waals surface area contributed by atoms with E-state index in [1.54, 1.807) is 12.3 Å². The summed E-state index contributed by atoms with van der Waals surface area (Å²) in [6, 6.07) is 3.58. The summed E-state index contributed by atoms with van der Waals surface area (Å²) in [6.07, 6.45) is 2.68. The Morgan fingerprint density at radius 1 is 1.39 bits per heavy atom. The standard InChI is InChI=1S/C18H18N4O/c1-3-4-9-22-17-10-13(2)23-12-15(17)16(21-22)7-5-14-6-8-18(19)20-11-14/h6,8,11,13H,9-10,12H2,1-2H3,(H2,19,20)/t13-/m1/s1. The second-order valence-corrected chi connectivity index (χ2v) is 5.41. The predicted octanol–water partition coefficient (Wildman–Crippen LogP) is 1.74. The molecule has 1 aliphatic rings. The highest BCUT2D eigenvalue weighted by atomic mass is 16.5. The number of fused-ring (bicyclic) bond motifs is 1. The molecule has 0 spiro atoms. The van der Waals surface area contributed by atoms with Gasteiger partial charge >= 0.3 is 0 Å². The van der Waals surface area contributed by atoms with Gasteiger partial charge in [-0.3, -0.25) is 4.68 Å². The summed E-state index contributed by atoms with van der Waals surface area (Å²) in [6.45, 7) is 5.02. The van der Waals surface area contributed by atoms with Crippen molar-refractivity contribution < 1.29 is 4.74 Å². The number of ether oxygens (including phenoxy) is 1. The van der Waals surface area contributed by atoms with Crippen molar-refractivity contribution in [3.05, 3.63) is 40.8 Å². The first kappa shape index (κ1) is 15.1. The molecule has 2 N–H and O–H groups in total. The van der Waals surface area contributed by atoms with Gasteiger partial charge in [0.25, 0.3) is 0 Å². The van der Waals surface area contributed by atoms with E-state index in [1.807, 2.05) is 17.7 Å². The maximum absolute atomic E-state index is 5.74. The van der Waals surface area contributed by atoms with E-state index in [2.05, 4.69) is 40.7 Å². The van der Waals surface area contributed by atoms with Crippen LogP contribution >= 0.6 is 0 Å². The van der Waals surface area contributed by atoms with Gasteiger partial charge < -0.3 is 10.5 Å². The van der Waals surface area contributed by atoms with Crippen LogP contribution in [0.25, 0.3) is 0 Å². The molecule has 0 amide bonds. The van der Waals surface area contributed by atoms with Crippen molar-refractivity contribution in [2.24, 2.45) is 0 Å². The molecular weight excluding hydrogens is 288 g/mol. The molecule has 3 rings (SSSR count). The highest BCUT2D eigenvalue weighted by molar-refractivity contribution is 5.45. The summed E-state index contributed by atoms with van der Waals surface area (Å²) < 4.78 is 7.69. The number of nitrogens with two attached hydrogens (primary N) is 1. The molecule has 23 heavy (non-hydrogen) atoms. The largest absolute Gasteiger partial charge is 0.384 e. The van der Waals surface area contributed by atoms with Crippen molar-refractivity contribution >= 4 is 5.82 Å². The minimum atomic E-state index is 0.189. The maximum Gasteiger partial charge on any atom is 0.141 e. The number of hydrogen-bond acceptors (Lipinski definition) is 4. The van der Waals surface area contributed by atoms with Gasteiger partial charge in [0.15, 0.2) is 0 Å². The van der Waals surface area contributed by atoms with Gasteiger partial charge in [0.2, 0.25) is 0 Å². The molecule has 5 heteroatoms. The summed E-state index contributed by atoms with van der Waals surface area (Å²) in [5.74, 6) is 12.7. The van der Waals surface area contributed by atoms with Gasteiger partial charge in [-0.15, -0.1) is 5.92 Å². The minimum absolute atomic E-state index is 0.189. The topological polar surface area (TPSA) is 66.0 Å². The van der Waals surface area contributed by atoms with Crippen LogP contribution in [0, 0.1) is 23.7 Å². The highest BCUT2D eigenvalue weighted by Crippen LogP contribution is 2.23. The number of aromatic nitrogens is 3. The number of rotatable bonds is 1. The van der Waals surface area contributed by atoms with Gasteiger partial charge in [-0.1, -0.05) is 11.8 Å². The van der Waals surface area contributed by atoms with E-state index in [1.165, 1.54) is 5.69 Å². The number of hydrogen-bond donors (Lipinski definition) is 1. The lowest BCUT2D eigenvalue weighted by Gasteiger charge is -2.20. The highest BCUT2D eigenvalue weighted by Gasteiger charge is 2.23. The van der Waals surface area contributed by atoms with Crippen molar-refractivity contribution in [3.63, 3.8) is 0 Å². The average Bonchev–Trinajstić information content (AvgIpc) is 2.89. The first-order valence-corrected chi connectivity index (χ1v) is 7.50. The maximum atomic E-state index is 5.74. The lowest BCUT2D eigenvalue weighted by Crippen LogP contribution is -2.21. The fourth-order valence-electron chi connectivity index (χ4n) is 2.47. The van der Waals surface area contributed by atoms with Crippen LogP contribution in [0.3, 0.4) is 0 Å². The molecule has 2 aromatic rings. The van der Waals surface area contributed by atoms with Gasteiger partial charge in [0, 0.05) is 29.4 Å². The van der Waals surface area contributed by atoms with Crippen LogP contribution < -0.4 is 5.73 Å². The normalized spacial score (nSPS) is 15.8. The second kappa shape index (κ2) is 6.56. The molecule has 0 fully saturated rings. The van der Waals surface area contributed by atoms with Gasteiger partial charge in [-0.25, -0.2) is 4.98 Å². The number of pyridine rings is 1. The van der Waals surface area contributed by atoms with E-state index in [-0.39, 0.29) is 6.10 Å². The molecule has 0 saturated heterocycles. The lowest BCUT2D eigenvalue weighted by atomic mass is 10.1. The van der Waals surface area contributed by atoms with E-state index in [0.29, 0.717) is 19.0 Å². The summed E-state index contributed by atoms with van der Waals surface area (Å²) >= 11 is 0. The number of anilines is 1. The first-order chi connectivity index (χ1) is 11.2. The Balaban J connectivity index is 1.96. The van der Waals surface area contributed by atoms with E-state index in [0.717, 1.165) is 23.2 Å². The third-order valence-electron chi connectivity index (χ3n) is 3.68. The van der Waals surface area contributed by atoms with Crippen LogP contribution in [0.15, 0.2) is 18.3 Å². The molecule has 0 bridgehead atoms. The van der Waals surface area contributed by atoms with Crippen molar-refractivity contribution in [1.82, 2.24) is 14.8 Å². The molecule has 0 aromatic carbocycles. The van der Waals surface area contributed by atoms with Gasteiger partial charge in [0.1, 0.15) is 18.1 Å². The summed E-state index contributed by atoms with van der Waals surface area (Å²) in [4.78, 5) is 4.04. The Kier molecular flexibility index (Phi) is 4.32. The van der Waals surface area contributed by atoms with Crippen molar-refractivity contribution in [3.8, 4) is 23.7 Å². The zero-order valence-corrected chi connectivity index (χ0v) is 13.3. The molecular formula is C18H18N4O. The van der Waals surface area contributed by atoms with E-state index >= 15 is 0 Å². The fraction of sp³-hybridized carbons (Fsp3) is 0.333. The van der Waals surface area contributed by atoms with Crippen LogP contribution in [0.4, 0.5) is 5.82 Å². The summed E-state index contributed by atoms with van der Waals surface area (Å²) in [5, 5.41) is 4.61. The zero-order chi connectivity index (χ0) is 16.2. The minimum Gasteiger partial charge on any atom is -0.384 e. The second-order valence-electron chi connectivity index (χ2n) is 5.41. The van der Waals surface area contributed by atoms with Gasteiger partial charge in [0.05, 0.1) is 12.7 Å². The van der Waals surface area contributed by atoms with E-state index in [9.17, 15) is 0 Å². The van der Waals surface area contributed by atoms with E-state index < -0.39 is 0 Å². The summed E-state index contributed by atoms with van der Waals surface area (Å²) in [7, 11) is 0. The number of nitrogens with zero attached hydrogens (tertiary/aromatic N) is 3. The molecule has 5 nitrogen and oxygen atoms in total. The molecule has 0 aliphatic carbocycles.